The minimum atomic E-state index is -0.743. The number of nitrogens with one attached hydrogen (secondary N) is 1. The highest BCUT2D eigenvalue weighted by Crippen LogP contribution is 2.28. The molecule has 2 rings (SSSR count). The number of ether oxygens (including phenoxy) is 2. The third-order valence-corrected chi connectivity index (χ3v) is 3.88. The summed E-state index contributed by atoms with van der Waals surface area (Å²) in [7, 11) is 4.40. The van der Waals surface area contributed by atoms with Crippen molar-refractivity contribution in [1.82, 2.24) is 0 Å². The van der Waals surface area contributed by atoms with Gasteiger partial charge in [0, 0.05) is 24.8 Å². The first-order valence-electron chi connectivity index (χ1n) is 8.18. The Kier molecular flexibility index (Phi) is 6.86. The van der Waals surface area contributed by atoms with Crippen LogP contribution in [0.25, 0.3) is 5.70 Å². The van der Waals surface area contributed by atoms with Crippen LogP contribution < -0.4 is 20.5 Å². The maximum atomic E-state index is 14.4. The van der Waals surface area contributed by atoms with Crippen molar-refractivity contribution < 1.29 is 18.7 Å². The molecule has 7 nitrogen and oxygen atoms in total. The number of carbonyl (C=O) groups excluding carboxylic acids is 1. The van der Waals surface area contributed by atoms with E-state index in [0.717, 1.165) is 6.07 Å². The van der Waals surface area contributed by atoms with Crippen LogP contribution in [-0.2, 0) is 0 Å². The van der Waals surface area contributed by atoms with Crippen molar-refractivity contribution in [3.8, 4) is 11.5 Å². The highest BCUT2D eigenvalue weighted by atomic mass is 19.1. The van der Waals surface area contributed by atoms with Crippen LogP contribution in [0.15, 0.2) is 52.5 Å². The second-order valence-corrected chi connectivity index (χ2v) is 5.52. The average molecular weight is 384 g/mol. The third kappa shape index (κ3) is 4.53. The van der Waals surface area contributed by atoms with Crippen LogP contribution in [0.2, 0.25) is 0 Å². The van der Waals surface area contributed by atoms with E-state index in [1.165, 1.54) is 20.2 Å². The first-order valence-corrected chi connectivity index (χ1v) is 8.18. The second kappa shape index (κ2) is 9.31. The summed E-state index contributed by atoms with van der Waals surface area (Å²) in [5.74, 6) is -0.450. The standard InChI is InChI=1S/C20H21FN4O3/c1-23-15(12-7-5-6-8-17(12)27-3)11-19(24-2)25-16-9-13(20(22)26)18(28-4)10-14(16)21/h5-11H,1H2,2-4H3,(H2,22,26)(H,24,25)/b15-11-. The number of nitrogens with zero attached hydrogens (tertiary/aromatic N) is 2. The lowest BCUT2D eigenvalue weighted by molar-refractivity contribution is 0.0997. The van der Waals surface area contributed by atoms with Crippen molar-refractivity contribution in [3.63, 3.8) is 0 Å². The monoisotopic (exact) mass is 384 g/mol. The van der Waals surface area contributed by atoms with E-state index in [4.69, 9.17) is 15.2 Å². The van der Waals surface area contributed by atoms with Gasteiger partial charge in [0.05, 0.1) is 31.2 Å². The molecule has 0 heterocycles. The molecule has 0 aliphatic rings. The molecule has 28 heavy (non-hydrogen) atoms. The number of halogens is 1. The Balaban J connectivity index is 2.44. The number of rotatable bonds is 7. The van der Waals surface area contributed by atoms with Crippen molar-refractivity contribution in [1.29, 1.82) is 0 Å². The fourth-order valence-corrected chi connectivity index (χ4v) is 2.50. The van der Waals surface area contributed by atoms with E-state index in [1.54, 1.807) is 19.3 Å². The molecule has 0 saturated heterocycles. The summed E-state index contributed by atoms with van der Waals surface area (Å²) in [5.41, 5.74) is 6.54. The zero-order valence-electron chi connectivity index (χ0n) is 15.8. The van der Waals surface area contributed by atoms with Crippen LogP contribution in [0.1, 0.15) is 15.9 Å². The van der Waals surface area contributed by atoms with Gasteiger partial charge in [0.2, 0.25) is 0 Å². The number of amidine groups is 1. The topological polar surface area (TPSA) is 98.3 Å². The molecule has 0 saturated carbocycles. The molecule has 0 atom stereocenters. The van der Waals surface area contributed by atoms with E-state index in [9.17, 15) is 9.18 Å². The maximum absolute atomic E-state index is 14.4. The quantitative estimate of drug-likeness (QED) is 0.566. The fourth-order valence-electron chi connectivity index (χ4n) is 2.50. The van der Waals surface area contributed by atoms with Gasteiger partial charge in [0.1, 0.15) is 23.2 Å². The smallest absolute Gasteiger partial charge is 0.252 e. The van der Waals surface area contributed by atoms with Crippen molar-refractivity contribution in [3.05, 3.63) is 59.4 Å². The summed E-state index contributed by atoms with van der Waals surface area (Å²) in [6, 6.07) is 9.59. The Labute approximate surface area is 162 Å². The minimum absolute atomic E-state index is 0.00916. The average Bonchev–Trinajstić information content (AvgIpc) is 2.71. The minimum Gasteiger partial charge on any atom is -0.496 e. The molecule has 3 N–H and O–H groups in total. The number of para-hydroxylation sites is 1. The van der Waals surface area contributed by atoms with Crippen molar-refractivity contribution in [2.24, 2.45) is 15.7 Å². The van der Waals surface area contributed by atoms with Crippen LogP contribution in [0.5, 0.6) is 11.5 Å². The largest absolute Gasteiger partial charge is 0.496 e. The molecule has 2 aromatic rings. The summed E-state index contributed by atoms with van der Waals surface area (Å²) < 4.78 is 24.7. The van der Waals surface area contributed by atoms with Gasteiger partial charge in [-0.1, -0.05) is 12.1 Å². The van der Waals surface area contributed by atoms with Gasteiger partial charge in [0.25, 0.3) is 5.91 Å². The molecule has 2 aromatic carbocycles. The molecule has 8 heteroatoms. The number of amides is 1. The number of hydrogen-bond acceptors (Lipinski definition) is 5. The molecular weight excluding hydrogens is 363 g/mol. The fraction of sp³-hybridized carbons (Fsp3) is 0.150. The Bertz CT molecular complexity index is 954. The van der Waals surface area contributed by atoms with E-state index in [2.05, 4.69) is 22.0 Å². The molecule has 0 radical (unpaired) electrons. The lowest BCUT2D eigenvalue weighted by atomic mass is 10.1. The maximum Gasteiger partial charge on any atom is 0.252 e. The normalized spacial score (nSPS) is 11.7. The van der Waals surface area contributed by atoms with Gasteiger partial charge in [-0.2, -0.15) is 0 Å². The van der Waals surface area contributed by atoms with Crippen molar-refractivity contribution in [2.75, 3.05) is 26.6 Å². The van der Waals surface area contributed by atoms with Gasteiger partial charge in [-0.05, 0) is 24.9 Å². The highest BCUT2D eigenvalue weighted by molar-refractivity contribution is 6.09. The lowest BCUT2D eigenvalue weighted by Gasteiger charge is -2.13. The Morgan fingerprint density at radius 1 is 1.18 bits per heavy atom. The Hall–Kier alpha value is -3.68. The number of aliphatic imine (C=N–C) groups is 2. The summed E-state index contributed by atoms with van der Waals surface area (Å²) >= 11 is 0. The number of primary amides is 1. The highest BCUT2D eigenvalue weighted by Gasteiger charge is 2.16. The van der Waals surface area contributed by atoms with Crippen LogP contribution >= 0.6 is 0 Å². The number of carbonyl (C=O) groups is 1. The molecule has 0 unspecified atom stereocenters. The molecule has 1 amide bonds. The van der Waals surface area contributed by atoms with Gasteiger partial charge in [0.15, 0.2) is 0 Å². The predicted molar refractivity (Wildman–Crippen MR) is 109 cm³/mol. The molecule has 0 bridgehead atoms. The summed E-state index contributed by atoms with van der Waals surface area (Å²) in [6.07, 6.45) is 1.58. The van der Waals surface area contributed by atoms with Gasteiger partial charge >= 0.3 is 0 Å². The van der Waals surface area contributed by atoms with Gasteiger partial charge in [-0.15, -0.1) is 0 Å². The molecular formula is C20H21FN4O3. The van der Waals surface area contributed by atoms with E-state index in [-0.39, 0.29) is 22.8 Å². The van der Waals surface area contributed by atoms with Gasteiger partial charge in [-0.25, -0.2) is 4.39 Å². The number of benzene rings is 2. The molecule has 146 valence electrons. The molecule has 0 spiro atoms. The molecule has 0 aliphatic heterocycles. The second-order valence-electron chi connectivity index (χ2n) is 5.52. The predicted octanol–water partition coefficient (Wildman–Crippen LogP) is 3.12. The zero-order chi connectivity index (χ0) is 20.7. The first-order chi connectivity index (χ1) is 13.4. The third-order valence-electron chi connectivity index (χ3n) is 3.88. The Morgan fingerprint density at radius 2 is 1.86 bits per heavy atom. The molecule has 0 aliphatic carbocycles. The van der Waals surface area contributed by atoms with Crippen LogP contribution in [0.4, 0.5) is 10.1 Å². The number of nitrogens with two attached hydrogens (primary N) is 1. The van der Waals surface area contributed by atoms with Crippen molar-refractivity contribution >= 4 is 29.8 Å². The Morgan fingerprint density at radius 3 is 2.43 bits per heavy atom. The number of anilines is 1. The lowest BCUT2D eigenvalue weighted by Crippen LogP contribution is -2.16. The molecule has 0 aromatic heterocycles. The van der Waals surface area contributed by atoms with E-state index in [0.29, 0.717) is 17.0 Å². The number of methoxy groups -OCH3 is 2. The van der Waals surface area contributed by atoms with Crippen LogP contribution in [-0.4, -0.2) is 39.7 Å². The van der Waals surface area contributed by atoms with Crippen molar-refractivity contribution in [2.45, 2.75) is 0 Å². The summed E-state index contributed by atoms with van der Waals surface area (Å²) in [5, 5.41) is 2.82. The summed E-state index contributed by atoms with van der Waals surface area (Å²) in [6.45, 7) is 3.58. The number of hydrogen-bond donors (Lipinski definition) is 2. The zero-order valence-corrected chi connectivity index (χ0v) is 15.8. The molecule has 0 fully saturated rings. The van der Waals surface area contributed by atoms with E-state index < -0.39 is 11.7 Å². The van der Waals surface area contributed by atoms with Crippen LogP contribution in [0.3, 0.4) is 0 Å². The van der Waals surface area contributed by atoms with Gasteiger partial charge < -0.3 is 20.5 Å². The summed E-state index contributed by atoms with van der Waals surface area (Å²) in [4.78, 5) is 19.7. The van der Waals surface area contributed by atoms with Gasteiger partial charge in [-0.3, -0.25) is 14.8 Å². The first kappa shape index (κ1) is 20.6. The van der Waals surface area contributed by atoms with E-state index in [1.807, 2.05) is 18.2 Å². The SMILES string of the molecule is C=N/C(=C\C(=NC)Nc1cc(C(N)=O)c(OC)cc1F)c1ccccc1OC. The van der Waals surface area contributed by atoms with E-state index >= 15 is 0 Å². The van der Waals surface area contributed by atoms with Crippen LogP contribution in [0, 0.1) is 5.82 Å².